The van der Waals surface area contributed by atoms with Crippen molar-refractivity contribution in [1.82, 2.24) is 0 Å². The van der Waals surface area contributed by atoms with E-state index in [9.17, 15) is 55.9 Å². The van der Waals surface area contributed by atoms with Gasteiger partial charge in [-0.2, -0.15) is 0 Å². The van der Waals surface area contributed by atoms with Crippen molar-refractivity contribution in [1.29, 1.82) is 0 Å². The Morgan fingerprint density at radius 2 is 1.40 bits per heavy atom. The normalized spacial score (nSPS) is 31.4. The van der Waals surface area contributed by atoms with Gasteiger partial charge in [-0.15, -0.1) is 0 Å². The van der Waals surface area contributed by atoms with Gasteiger partial charge in [0.15, 0.2) is 29.7 Å². The smallest absolute Gasteiger partial charge is 0.239 e. The first-order valence-corrected chi connectivity index (χ1v) is 12.6. The zero-order valence-corrected chi connectivity index (χ0v) is 21.4. The number of phenolic OH excluding ortho intramolecular Hbond substituents is 4. The lowest BCUT2D eigenvalue weighted by molar-refractivity contribution is -0.323. The fourth-order valence-corrected chi connectivity index (χ4v) is 4.77. The standard InChI is InChI=1S/C26H28O16/c27-6-14-17(33)20(36)21(37)25(39-14)42-24-18(34)15(7-28)40-26(24)41-23-19(35)16-12(32)4-9(29)5-13(16)38-22(23)8-1-2-10(30)11(31)3-8/h1-5,14-15,17-18,20-21,24-34,36-37H,6-7H2. The van der Waals surface area contributed by atoms with E-state index in [0.717, 1.165) is 24.3 Å². The highest BCUT2D eigenvalue weighted by Gasteiger charge is 2.51. The lowest BCUT2D eigenvalue weighted by Crippen LogP contribution is -2.60. The number of aromatic hydroxyl groups is 4. The van der Waals surface area contributed by atoms with Gasteiger partial charge in [0.2, 0.25) is 17.5 Å². The highest BCUT2D eigenvalue weighted by Crippen LogP contribution is 2.40. The Bertz CT molecular complexity index is 1500. The molecule has 42 heavy (non-hydrogen) atoms. The Kier molecular flexibility index (Phi) is 8.17. The van der Waals surface area contributed by atoms with Gasteiger partial charge < -0.3 is 74.4 Å². The Hall–Kier alpha value is -3.71. The summed E-state index contributed by atoms with van der Waals surface area (Å²) in [5.74, 6) is -3.27. The predicted molar refractivity (Wildman–Crippen MR) is 136 cm³/mol. The minimum Gasteiger partial charge on any atom is -0.508 e. The molecule has 9 atom stereocenters. The predicted octanol–water partition coefficient (Wildman–Crippen LogP) is -2.08. The Morgan fingerprint density at radius 3 is 2.07 bits per heavy atom. The fraction of sp³-hybridized carbons (Fsp3) is 0.423. The van der Waals surface area contributed by atoms with Crippen LogP contribution in [-0.2, 0) is 14.2 Å². The number of fused-ring (bicyclic) bond motifs is 1. The number of aliphatic hydroxyl groups excluding tert-OH is 6. The number of ether oxygens (including phenoxy) is 4. The monoisotopic (exact) mass is 596 g/mol. The van der Waals surface area contributed by atoms with Gasteiger partial charge in [-0.1, -0.05) is 0 Å². The van der Waals surface area contributed by atoms with Crippen LogP contribution >= 0.6 is 0 Å². The van der Waals surface area contributed by atoms with Gasteiger partial charge in [-0.25, -0.2) is 0 Å². The summed E-state index contributed by atoms with van der Waals surface area (Å²) in [5.41, 5.74) is -1.32. The molecule has 0 aliphatic carbocycles. The van der Waals surface area contributed by atoms with Crippen LogP contribution in [0.1, 0.15) is 0 Å². The first-order chi connectivity index (χ1) is 19.9. The average molecular weight is 596 g/mol. The molecule has 0 spiro atoms. The molecule has 16 heteroatoms. The van der Waals surface area contributed by atoms with E-state index in [1.54, 1.807) is 0 Å². The molecule has 9 unspecified atom stereocenters. The van der Waals surface area contributed by atoms with E-state index in [1.807, 2.05) is 0 Å². The zero-order valence-electron chi connectivity index (χ0n) is 21.4. The van der Waals surface area contributed by atoms with Crippen LogP contribution in [0.5, 0.6) is 28.7 Å². The van der Waals surface area contributed by atoms with Crippen molar-refractivity contribution in [2.24, 2.45) is 0 Å². The van der Waals surface area contributed by atoms with Crippen LogP contribution in [0, 0.1) is 0 Å². The number of hydrogen-bond donors (Lipinski definition) is 10. The van der Waals surface area contributed by atoms with E-state index in [2.05, 4.69) is 0 Å². The fourth-order valence-electron chi connectivity index (χ4n) is 4.77. The molecule has 2 saturated heterocycles. The molecule has 1 aromatic heterocycles. The van der Waals surface area contributed by atoms with Crippen molar-refractivity contribution < 1.29 is 74.4 Å². The largest absolute Gasteiger partial charge is 0.508 e. The number of rotatable bonds is 7. The van der Waals surface area contributed by atoms with Crippen molar-refractivity contribution in [3.05, 3.63) is 40.6 Å². The van der Waals surface area contributed by atoms with E-state index >= 15 is 0 Å². The summed E-state index contributed by atoms with van der Waals surface area (Å²) < 4.78 is 28.1. The number of aliphatic hydroxyl groups is 6. The molecule has 0 bridgehead atoms. The van der Waals surface area contributed by atoms with Crippen molar-refractivity contribution in [3.8, 4) is 40.1 Å². The van der Waals surface area contributed by atoms with Gasteiger partial charge in [-0.3, -0.25) is 4.79 Å². The number of hydrogen-bond acceptors (Lipinski definition) is 16. The van der Waals surface area contributed by atoms with Crippen molar-refractivity contribution in [2.75, 3.05) is 13.2 Å². The van der Waals surface area contributed by atoms with Gasteiger partial charge in [0, 0.05) is 17.7 Å². The molecule has 0 amide bonds. The summed E-state index contributed by atoms with van der Waals surface area (Å²) in [6, 6.07) is 5.26. The van der Waals surface area contributed by atoms with Crippen LogP contribution in [0.4, 0.5) is 0 Å². The second-order valence-electron chi connectivity index (χ2n) is 9.76. The second kappa shape index (κ2) is 11.5. The molecule has 2 aromatic carbocycles. The molecule has 5 rings (SSSR count). The summed E-state index contributed by atoms with van der Waals surface area (Å²) in [6.07, 6.45) is -15.0. The zero-order chi connectivity index (χ0) is 30.5. The molecule has 2 aliphatic rings. The molecule has 2 fully saturated rings. The molecule has 228 valence electrons. The van der Waals surface area contributed by atoms with E-state index in [-0.39, 0.29) is 16.9 Å². The highest BCUT2D eigenvalue weighted by molar-refractivity contribution is 5.88. The van der Waals surface area contributed by atoms with E-state index < -0.39 is 108 Å². The number of benzene rings is 2. The Labute approximate surface area is 235 Å². The van der Waals surface area contributed by atoms with E-state index in [0.29, 0.717) is 0 Å². The quantitative estimate of drug-likeness (QED) is 0.131. The van der Waals surface area contributed by atoms with Crippen LogP contribution in [0.2, 0.25) is 0 Å². The van der Waals surface area contributed by atoms with Crippen LogP contribution < -0.4 is 10.2 Å². The minimum absolute atomic E-state index is 0.0224. The lowest BCUT2D eigenvalue weighted by Gasteiger charge is -2.41. The molecule has 3 heterocycles. The molecule has 2 aliphatic heterocycles. The third kappa shape index (κ3) is 5.19. The molecular formula is C26H28O16. The topological polar surface area (TPSA) is 269 Å². The van der Waals surface area contributed by atoms with Gasteiger partial charge >= 0.3 is 0 Å². The van der Waals surface area contributed by atoms with Crippen LogP contribution in [0.15, 0.2) is 39.5 Å². The first kappa shape index (κ1) is 29.8. The van der Waals surface area contributed by atoms with Crippen LogP contribution in [-0.4, -0.2) is 120 Å². The molecule has 0 radical (unpaired) electrons. The van der Waals surface area contributed by atoms with Gasteiger partial charge in [0.25, 0.3) is 0 Å². The SMILES string of the molecule is O=c1c(OC2OC(CO)C(O)C2OC2OC(CO)C(O)C(O)C2O)c(-c2ccc(O)c(O)c2)oc2cc(O)cc(O)c12. The van der Waals surface area contributed by atoms with E-state index in [1.165, 1.54) is 6.07 Å². The van der Waals surface area contributed by atoms with Crippen molar-refractivity contribution in [3.63, 3.8) is 0 Å². The summed E-state index contributed by atoms with van der Waals surface area (Å²) in [6.45, 7) is -1.53. The maximum atomic E-state index is 13.6. The molecular weight excluding hydrogens is 568 g/mol. The van der Waals surface area contributed by atoms with Crippen LogP contribution in [0.25, 0.3) is 22.3 Å². The third-order valence-corrected chi connectivity index (χ3v) is 7.00. The maximum absolute atomic E-state index is 13.6. The Balaban J connectivity index is 1.58. The summed E-state index contributed by atoms with van der Waals surface area (Å²) in [7, 11) is 0. The maximum Gasteiger partial charge on any atom is 0.239 e. The highest BCUT2D eigenvalue weighted by atomic mass is 16.8. The van der Waals surface area contributed by atoms with E-state index in [4.69, 9.17) is 23.4 Å². The van der Waals surface area contributed by atoms with Crippen molar-refractivity contribution >= 4 is 11.0 Å². The van der Waals surface area contributed by atoms with Gasteiger partial charge in [0.05, 0.1) is 13.2 Å². The number of phenols is 4. The Morgan fingerprint density at radius 1 is 0.738 bits per heavy atom. The molecule has 0 saturated carbocycles. The van der Waals surface area contributed by atoms with Crippen molar-refractivity contribution in [2.45, 2.75) is 55.3 Å². The second-order valence-corrected chi connectivity index (χ2v) is 9.76. The first-order valence-electron chi connectivity index (χ1n) is 12.6. The molecule has 10 N–H and O–H groups in total. The summed E-state index contributed by atoms with van der Waals surface area (Å²) in [5, 5.41) is 100. The van der Waals surface area contributed by atoms with Crippen LogP contribution in [0.3, 0.4) is 0 Å². The lowest BCUT2D eigenvalue weighted by atomic mass is 9.99. The molecule has 16 nitrogen and oxygen atoms in total. The molecule has 3 aromatic rings. The summed E-state index contributed by atoms with van der Waals surface area (Å²) >= 11 is 0. The summed E-state index contributed by atoms with van der Waals surface area (Å²) in [4.78, 5) is 13.6. The van der Waals surface area contributed by atoms with Gasteiger partial charge in [0.1, 0.15) is 59.1 Å². The minimum atomic E-state index is -1.88. The average Bonchev–Trinajstić information content (AvgIpc) is 3.25. The van der Waals surface area contributed by atoms with Gasteiger partial charge in [-0.05, 0) is 18.2 Å². The third-order valence-electron chi connectivity index (χ3n) is 7.00.